The van der Waals surface area contributed by atoms with Gasteiger partial charge in [-0.1, -0.05) is 17.3 Å². The second-order valence-electron chi connectivity index (χ2n) is 3.38. The molecule has 1 aromatic heterocycles. The van der Waals surface area contributed by atoms with Crippen LogP contribution in [0.25, 0.3) is 11.3 Å². The lowest BCUT2D eigenvalue weighted by atomic mass is 10.2. The molecule has 0 unspecified atom stereocenters. The minimum atomic E-state index is -0.0306. The first kappa shape index (κ1) is 11.6. The molecule has 0 saturated carbocycles. The number of oxime groups is 1. The van der Waals surface area contributed by atoms with Crippen molar-refractivity contribution in [3.05, 3.63) is 42.2 Å². The van der Waals surface area contributed by atoms with Gasteiger partial charge in [0.25, 0.3) is 0 Å². The van der Waals surface area contributed by atoms with E-state index in [1.54, 1.807) is 23.9 Å². The highest BCUT2D eigenvalue weighted by Crippen LogP contribution is 2.24. The summed E-state index contributed by atoms with van der Waals surface area (Å²) in [5.41, 5.74) is 6.39. The highest BCUT2D eigenvalue weighted by Gasteiger charge is 2.07. The van der Waals surface area contributed by atoms with Gasteiger partial charge in [-0.15, -0.1) is 11.8 Å². The third kappa shape index (κ3) is 2.45. The maximum Gasteiger partial charge on any atom is 0.205 e. The summed E-state index contributed by atoms with van der Waals surface area (Å²) in [5.74, 6) is 1.02. The van der Waals surface area contributed by atoms with Gasteiger partial charge in [-0.3, -0.25) is 0 Å². The van der Waals surface area contributed by atoms with Gasteiger partial charge in [-0.25, -0.2) is 0 Å². The van der Waals surface area contributed by atoms with Gasteiger partial charge in [0.15, 0.2) is 5.76 Å². The molecular weight excluding hydrogens is 236 g/mol. The van der Waals surface area contributed by atoms with E-state index in [9.17, 15) is 0 Å². The number of rotatable bonds is 3. The minimum absolute atomic E-state index is 0.0306. The second kappa shape index (κ2) is 4.97. The first-order chi connectivity index (χ1) is 8.24. The van der Waals surface area contributed by atoms with Crippen LogP contribution >= 0.6 is 11.8 Å². The van der Waals surface area contributed by atoms with Crippen LogP contribution in [0.4, 0.5) is 0 Å². The third-order valence-electron chi connectivity index (χ3n) is 2.34. The molecule has 17 heavy (non-hydrogen) atoms. The van der Waals surface area contributed by atoms with E-state index in [4.69, 9.17) is 15.4 Å². The van der Waals surface area contributed by atoms with Crippen LogP contribution in [-0.2, 0) is 0 Å². The molecule has 0 amide bonds. The molecule has 0 fully saturated rings. The van der Waals surface area contributed by atoms with Crippen LogP contribution in [0.2, 0.25) is 0 Å². The van der Waals surface area contributed by atoms with Gasteiger partial charge in [-0.05, 0) is 30.5 Å². The third-order valence-corrected chi connectivity index (χ3v) is 3.08. The maximum atomic E-state index is 8.54. The first-order valence-corrected chi connectivity index (χ1v) is 6.19. The molecule has 2 aromatic rings. The van der Waals surface area contributed by atoms with E-state index in [-0.39, 0.29) is 5.84 Å². The van der Waals surface area contributed by atoms with Crippen LogP contribution < -0.4 is 5.73 Å². The van der Waals surface area contributed by atoms with Gasteiger partial charge >= 0.3 is 0 Å². The monoisotopic (exact) mass is 248 g/mol. The Morgan fingerprint density at radius 3 is 2.53 bits per heavy atom. The molecule has 0 radical (unpaired) electrons. The summed E-state index contributed by atoms with van der Waals surface area (Å²) < 4.78 is 5.47. The van der Waals surface area contributed by atoms with Crippen LogP contribution in [-0.4, -0.2) is 17.3 Å². The Labute approximate surface area is 103 Å². The van der Waals surface area contributed by atoms with Gasteiger partial charge in [-0.2, -0.15) is 0 Å². The van der Waals surface area contributed by atoms with E-state index >= 15 is 0 Å². The van der Waals surface area contributed by atoms with Gasteiger partial charge in [0.2, 0.25) is 5.84 Å². The number of amidine groups is 1. The fourth-order valence-corrected chi connectivity index (χ4v) is 1.84. The van der Waals surface area contributed by atoms with Crippen molar-refractivity contribution in [3.63, 3.8) is 0 Å². The van der Waals surface area contributed by atoms with Crippen molar-refractivity contribution in [1.29, 1.82) is 0 Å². The van der Waals surface area contributed by atoms with Gasteiger partial charge < -0.3 is 15.4 Å². The maximum absolute atomic E-state index is 8.54. The Bertz CT molecular complexity index is 532. The molecule has 0 spiro atoms. The Morgan fingerprint density at radius 2 is 1.94 bits per heavy atom. The van der Waals surface area contributed by atoms with Crippen molar-refractivity contribution >= 4 is 17.6 Å². The SMILES string of the molecule is CSc1ccc(-c2ccc(C(N)=NO)o2)cc1. The van der Waals surface area contributed by atoms with Crippen LogP contribution in [0, 0.1) is 0 Å². The zero-order valence-corrected chi connectivity index (χ0v) is 10.1. The van der Waals surface area contributed by atoms with Crippen LogP contribution in [0.5, 0.6) is 0 Å². The van der Waals surface area contributed by atoms with E-state index in [0.29, 0.717) is 11.5 Å². The predicted molar refractivity (Wildman–Crippen MR) is 68.4 cm³/mol. The molecule has 0 aliphatic rings. The lowest BCUT2D eigenvalue weighted by Gasteiger charge is -1.99. The second-order valence-corrected chi connectivity index (χ2v) is 4.26. The number of furan rings is 1. The molecule has 88 valence electrons. The number of hydrogen-bond acceptors (Lipinski definition) is 4. The smallest absolute Gasteiger partial charge is 0.205 e. The van der Waals surface area contributed by atoms with Crippen molar-refractivity contribution in [3.8, 4) is 11.3 Å². The predicted octanol–water partition coefficient (Wildman–Crippen LogP) is 2.76. The summed E-state index contributed by atoms with van der Waals surface area (Å²) in [6.45, 7) is 0. The molecule has 2 rings (SSSR count). The Balaban J connectivity index is 2.30. The average Bonchev–Trinajstić information content (AvgIpc) is 2.87. The molecule has 1 aromatic carbocycles. The van der Waals surface area contributed by atoms with E-state index in [0.717, 1.165) is 5.56 Å². The normalized spacial score (nSPS) is 11.7. The Kier molecular flexibility index (Phi) is 3.39. The van der Waals surface area contributed by atoms with E-state index in [1.165, 1.54) is 4.90 Å². The molecule has 4 nitrogen and oxygen atoms in total. The van der Waals surface area contributed by atoms with Crippen LogP contribution in [0.1, 0.15) is 5.76 Å². The van der Waals surface area contributed by atoms with E-state index in [1.807, 2.05) is 30.5 Å². The van der Waals surface area contributed by atoms with Gasteiger partial charge in [0, 0.05) is 10.5 Å². The summed E-state index contributed by atoms with van der Waals surface area (Å²) in [6.07, 6.45) is 2.03. The first-order valence-electron chi connectivity index (χ1n) is 4.96. The van der Waals surface area contributed by atoms with Crippen LogP contribution in [0.15, 0.2) is 50.9 Å². The quantitative estimate of drug-likeness (QED) is 0.288. The standard InChI is InChI=1S/C12H12N2O2S/c1-17-9-4-2-8(3-5-9)10-6-7-11(16-10)12(13)14-15/h2-7,15H,1H3,(H2,13,14). The van der Waals surface area contributed by atoms with E-state index in [2.05, 4.69) is 5.16 Å². The molecule has 0 aliphatic carbocycles. The molecule has 1 heterocycles. The van der Waals surface area contributed by atoms with Gasteiger partial charge in [0.05, 0.1) is 0 Å². The number of thioether (sulfide) groups is 1. The zero-order chi connectivity index (χ0) is 12.3. The Morgan fingerprint density at radius 1 is 1.24 bits per heavy atom. The van der Waals surface area contributed by atoms with E-state index < -0.39 is 0 Å². The molecule has 0 atom stereocenters. The molecule has 3 N–H and O–H groups in total. The lowest BCUT2D eigenvalue weighted by molar-refractivity contribution is 0.317. The minimum Gasteiger partial charge on any atom is -0.453 e. The van der Waals surface area contributed by atoms with Crippen molar-refractivity contribution < 1.29 is 9.62 Å². The molecule has 0 saturated heterocycles. The Hall–Kier alpha value is -1.88. The van der Waals surface area contributed by atoms with Crippen molar-refractivity contribution in [2.24, 2.45) is 10.9 Å². The topological polar surface area (TPSA) is 71.8 Å². The number of hydrogen-bond donors (Lipinski definition) is 2. The fraction of sp³-hybridized carbons (Fsp3) is 0.0833. The highest BCUT2D eigenvalue weighted by molar-refractivity contribution is 7.98. The lowest BCUT2D eigenvalue weighted by Crippen LogP contribution is -2.11. The average molecular weight is 248 g/mol. The molecular formula is C12H12N2O2S. The summed E-state index contributed by atoms with van der Waals surface area (Å²) in [5, 5.41) is 11.4. The van der Waals surface area contributed by atoms with Crippen molar-refractivity contribution in [2.75, 3.05) is 6.26 Å². The molecule has 0 aliphatic heterocycles. The number of benzene rings is 1. The molecule has 0 bridgehead atoms. The van der Waals surface area contributed by atoms with Gasteiger partial charge in [0.1, 0.15) is 5.76 Å². The summed E-state index contributed by atoms with van der Waals surface area (Å²) in [4.78, 5) is 1.19. The molecule has 5 heteroatoms. The van der Waals surface area contributed by atoms with Crippen molar-refractivity contribution in [1.82, 2.24) is 0 Å². The van der Waals surface area contributed by atoms with Crippen molar-refractivity contribution in [2.45, 2.75) is 4.90 Å². The number of nitrogens with zero attached hydrogens (tertiary/aromatic N) is 1. The van der Waals surface area contributed by atoms with Crippen LogP contribution in [0.3, 0.4) is 0 Å². The highest BCUT2D eigenvalue weighted by atomic mass is 32.2. The zero-order valence-electron chi connectivity index (χ0n) is 9.25. The summed E-state index contributed by atoms with van der Waals surface area (Å²) in [7, 11) is 0. The summed E-state index contributed by atoms with van der Waals surface area (Å²) in [6, 6.07) is 11.5. The number of nitrogens with two attached hydrogens (primary N) is 1. The fourth-order valence-electron chi connectivity index (χ4n) is 1.44. The summed E-state index contributed by atoms with van der Waals surface area (Å²) >= 11 is 1.68. The largest absolute Gasteiger partial charge is 0.453 e.